The molecule has 1 atom stereocenters. The number of ether oxygens (including phenoxy) is 3. The Kier molecular flexibility index (Phi) is 7.38. The van der Waals surface area contributed by atoms with Crippen molar-refractivity contribution in [2.75, 3.05) is 25.2 Å². The van der Waals surface area contributed by atoms with Crippen molar-refractivity contribution in [1.29, 1.82) is 0 Å². The van der Waals surface area contributed by atoms with Crippen LogP contribution in [0, 0.1) is 0 Å². The van der Waals surface area contributed by atoms with Crippen molar-refractivity contribution in [3.05, 3.63) is 95.6 Å². The van der Waals surface area contributed by atoms with Crippen LogP contribution < -0.4 is 9.64 Å². The molecule has 4 rings (SSSR count). The molecule has 7 nitrogen and oxygen atoms in total. The van der Waals surface area contributed by atoms with Gasteiger partial charge < -0.3 is 14.2 Å². The van der Waals surface area contributed by atoms with E-state index >= 15 is 0 Å². The lowest BCUT2D eigenvalue weighted by molar-refractivity contribution is -0.142. The molecule has 36 heavy (non-hydrogen) atoms. The Morgan fingerprint density at radius 3 is 2.11 bits per heavy atom. The quantitative estimate of drug-likeness (QED) is 0.348. The van der Waals surface area contributed by atoms with Crippen molar-refractivity contribution in [3.63, 3.8) is 0 Å². The molecule has 0 spiro atoms. The molecule has 0 saturated heterocycles. The van der Waals surface area contributed by atoms with Gasteiger partial charge in [0, 0.05) is 11.1 Å². The van der Waals surface area contributed by atoms with E-state index in [1.54, 1.807) is 23.1 Å². The monoisotopic (exact) mass is 486 g/mol. The highest BCUT2D eigenvalue weighted by molar-refractivity contribution is 6.13. The molecule has 3 aromatic carbocycles. The standard InChI is InChI=1S/C29H30N2O5/c1-29(2,3)36-28(33)31-17-18-35-24-19-22(15-16-23(24)31)26(27(32)34-4)30-25(20-11-7-5-8-12-20)21-13-9-6-10-14-21/h5-16,19,26H,17-18H2,1-4H3. The average molecular weight is 487 g/mol. The summed E-state index contributed by atoms with van der Waals surface area (Å²) in [6, 6.07) is 23.7. The average Bonchev–Trinajstić information content (AvgIpc) is 2.88. The van der Waals surface area contributed by atoms with Crippen molar-refractivity contribution in [2.24, 2.45) is 4.99 Å². The lowest BCUT2D eigenvalue weighted by Gasteiger charge is -2.32. The van der Waals surface area contributed by atoms with E-state index in [4.69, 9.17) is 19.2 Å². The Morgan fingerprint density at radius 1 is 0.944 bits per heavy atom. The third-order valence-electron chi connectivity index (χ3n) is 5.55. The molecule has 1 amide bonds. The first-order valence-corrected chi connectivity index (χ1v) is 11.8. The van der Waals surface area contributed by atoms with Gasteiger partial charge in [-0.15, -0.1) is 0 Å². The maximum absolute atomic E-state index is 13.0. The number of hydrogen-bond acceptors (Lipinski definition) is 6. The molecule has 0 aliphatic carbocycles. The summed E-state index contributed by atoms with van der Waals surface area (Å²) < 4.78 is 16.5. The SMILES string of the molecule is COC(=O)C(N=C(c1ccccc1)c1ccccc1)c1ccc2c(c1)OCCN2C(=O)OC(C)(C)C. The first-order chi connectivity index (χ1) is 17.3. The number of aliphatic imine (C=N–C) groups is 1. The van der Waals surface area contributed by atoms with Gasteiger partial charge in [-0.25, -0.2) is 9.59 Å². The third-order valence-corrected chi connectivity index (χ3v) is 5.55. The number of anilines is 1. The predicted octanol–water partition coefficient (Wildman–Crippen LogP) is 5.57. The van der Waals surface area contributed by atoms with E-state index in [1.807, 2.05) is 81.4 Å². The molecule has 3 aromatic rings. The molecule has 186 valence electrons. The number of nitrogens with zero attached hydrogens (tertiary/aromatic N) is 2. The van der Waals surface area contributed by atoms with E-state index in [0.29, 0.717) is 35.9 Å². The highest BCUT2D eigenvalue weighted by Crippen LogP contribution is 2.36. The van der Waals surface area contributed by atoms with Crippen LogP contribution in [0.5, 0.6) is 5.75 Å². The number of methoxy groups -OCH3 is 1. The van der Waals surface area contributed by atoms with E-state index in [1.165, 1.54) is 7.11 Å². The maximum atomic E-state index is 13.0. The zero-order valence-electron chi connectivity index (χ0n) is 20.9. The number of rotatable bonds is 5. The van der Waals surface area contributed by atoms with E-state index in [2.05, 4.69) is 0 Å². The second kappa shape index (κ2) is 10.6. The minimum atomic E-state index is -0.934. The van der Waals surface area contributed by atoms with Gasteiger partial charge in [0.2, 0.25) is 0 Å². The molecule has 0 aromatic heterocycles. The Balaban J connectivity index is 1.76. The number of carbonyl (C=O) groups is 2. The van der Waals surface area contributed by atoms with E-state index in [-0.39, 0.29) is 0 Å². The molecular weight excluding hydrogens is 456 g/mol. The summed E-state index contributed by atoms with van der Waals surface area (Å²) in [6.07, 6.45) is -0.446. The normalized spacial score (nSPS) is 13.6. The molecule has 0 radical (unpaired) electrons. The molecular formula is C29H30N2O5. The zero-order valence-corrected chi connectivity index (χ0v) is 20.9. The summed E-state index contributed by atoms with van der Waals surface area (Å²) in [5, 5.41) is 0. The summed E-state index contributed by atoms with van der Waals surface area (Å²) in [5.74, 6) is -0.0196. The maximum Gasteiger partial charge on any atom is 0.415 e. The highest BCUT2D eigenvalue weighted by Gasteiger charge is 2.30. The molecule has 7 heteroatoms. The number of esters is 1. The largest absolute Gasteiger partial charge is 0.490 e. The smallest absolute Gasteiger partial charge is 0.415 e. The molecule has 1 heterocycles. The van der Waals surface area contributed by atoms with Gasteiger partial charge >= 0.3 is 12.1 Å². The van der Waals surface area contributed by atoms with Gasteiger partial charge in [-0.3, -0.25) is 9.89 Å². The Bertz CT molecular complexity index is 1210. The van der Waals surface area contributed by atoms with E-state index in [9.17, 15) is 9.59 Å². The number of amides is 1. The van der Waals surface area contributed by atoms with Gasteiger partial charge in [-0.05, 0) is 38.5 Å². The van der Waals surface area contributed by atoms with Crippen LogP contribution in [0.3, 0.4) is 0 Å². The zero-order chi connectivity index (χ0) is 25.7. The van der Waals surface area contributed by atoms with Gasteiger partial charge in [-0.1, -0.05) is 66.7 Å². The lowest BCUT2D eigenvalue weighted by Crippen LogP contribution is -2.41. The predicted molar refractivity (Wildman–Crippen MR) is 139 cm³/mol. The highest BCUT2D eigenvalue weighted by atomic mass is 16.6. The van der Waals surface area contributed by atoms with Crippen molar-refractivity contribution >= 4 is 23.5 Å². The van der Waals surface area contributed by atoms with E-state index in [0.717, 1.165) is 11.1 Å². The van der Waals surface area contributed by atoms with Gasteiger partial charge in [0.15, 0.2) is 6.04 Å². The van der Waals surface area contributed by atoms with Crippen LogP contribution in [0.4, 0.5) is 10.5 Å². The second-order valence-corrected chi connectivity index (χ2v) is 9.34. The van der Waals surface area contributed by atoms with Gasteiger partial charge in [0.05, 0.1) is 25.1 Å². The Morgan fingerprint density at radius 2 is 1.56 bits per heavy atom. The van der Waals surface area contributed by atoms with Crippen molar-refractivity contribution in [2.45, 2.75) is 32.4 Å². The fraction of sp³-hybridized carbons (Fsp3) is 0.276. The minimum Gasteiger partial charge on any atom is -0.490 e. The molecule has 0 fully saturated rings. The summed E-state index contributed by atoms with van der Waals surface area (Å²) in [7, 11) is 1.34. The topological polar surface area (TPSA) is 77.4 Å². The fourth-order valence-corrected chi connectivity index (χ4v) is 3.93. The summed E-state index contributed by atoms with van der Waals surface area (Å²) in [6.45, 7) is 6.15. The molecule has 0 bridgehead atoms. The molecule has 0 saturated carbocycles. The number of carbonyl (C=O) groups excluding carboxylic acids is 2. The van der Waals surface area contributed by atoms with Crippen LogP contribution in [-0.4, -0.2) is 43.6 Å². The molecule has 1 aliphatic heterocycles. The second-order valence-electron chi connectivity index (χ2n) is 9.34. The van der Waals surface area contributed by atoms with Gasteiger partial charge in [0.25, 0.3) is 0 Å². The molecule has 1 unspecified atom stereocenters. The Hall–Kier alpha value is -4.13. The number of benzene rings is 3. The van der Waals surface area contributed by atoms with Crippen LogP contribution in [0.25, 0.3) is 0 Å². The molecule has 0 N–H and O–H groups in total. The fourth-order valence-electron chi connectivity index (χ4n) is 3.93. The molecule has 1 aliphatic rings. The van der Waals surface area contributed by atoms with Crippen LogP contribution >= 0.6 is 0 Å². The van der Waals surface area contributed by atoms with Crippen molar-refractivity contribution in [3.8, 4) is 5.75 Å². The first-order valence-electron chi connectivity index (χ1n) is 11.8. The number of fused-ring (bicyclic) bond motifs is 1. The van der Waals surface area contributed by atoms with Crippen LogP contribution in [0.15, 0.2) is 83.9 Å². The summed E-state index contributed by atoms with van der Waals surface area (Å²) in [5.41, 5.74) is 2.98. The minimum absolute atomic E-state index is 0.307. The van der Waals surface area contributed by atoms with Crippen molar-refractivity contribution < 1.29 is 23.8 Å². The van der Waals surface area contributed by atoms with Crippen LogP contribution in [-0.2, 0) is 14.3 Å². The first kappa shape index (κ1) is 25.0. The number of hydrogen-bond donors (Lipinski definition) is 0. The van der Waals surface area contributed by atoms with Crippen LogP contribution in [0.1, 0.15) is 43.5 Å². The van der Waals surface area contributed by atoms with Gasteiger partial charge in [-0.2, -0.15) is 0 Å². The third kappa shape index (κ3) is 5.74. The lowest BCUT2D eigenvalue weighted by atomic mass is 10.00. The Labute approximate surface area is 211 Å². The summed E-state index contributed by atoms with van der Waals surface area (Å²) in [4.78, 5) is 32.2. The van der Waals surface area contributed by atoms with Gasteiger partial charge in [0.1, 0.15) is 18.0 Å². The van der Waals surface area contributed by atoms with E-state index < -0.39 is 23.7 Å². The summed E-state index contributed by atoms with van der Waals surface area (Å²) >= 11 is 0. The van der Waals surface area contributed by atoms with Crippen LogP contribution in [0.2, 0.25) is 0 Å². The van der Waals surface area contributed by atoms with Crippen molar-refractivity contribution in [1.82, 2.24) is 0 Å².